The van der Waals surface area contributed by atoms with Crippen molar-refractivity contribution in [3.05, 3.63) is 29.8 Å². The van der Waals surface area contributed by atoms with Crippen molar-refractivity contribution < 1.29 is 27.5 Å². The maximum Gasteiger partial charge on any atom is 0.411 e. The second-order valence-corrected chi connectivity index (χ2v) is 5.10. The van der Waals surface area contributed by atoms with E-state index in [2.05, 4.69) is 10.1 Å². The molecule has 0 bridgehead atoms. The number of hydrogen-bond acceptors (Lipinski definition) is 3. The minimum absolute atomic E-state index is 0.0114. The normalized spacial score (nSPS) is 11.2. The number of benzene rings is 1. The molecule has 1 N–H and O–H groups in total. The van der Waals surface area contributed by atoms with Gasteiger partial charge in [-0.3, -0.25) is 9.59 Å². The van der Waals surface area contributed by atoms with Gasteiger partial charge in [-0.1, -0.05) is 12.1 Å². The summed E-state index contributed by atoms with van der Waals surface area (Å²) in [5, 5.41) is 2.43. The summed E-state index contributed by atoms with van der Waals surface area (Å²) in [5.41, 5.74) is 1.22. The zero-order chi connectivity index (χ0) is 18.2. The Balaban J connectivity index is 2.47. The minimum atomic E-state index is -4.46. The molecule has 1 rings (SSSR count). The number of anilines is 1. The van der Waals surface area contributed by atoms with Crippen LogP contribution in [-0.4, -0.2) is 49.2 Å². The summed E-state index contributed by atoms with van der Waals surface area (Å²) in [6.07, 6.45) is -4.20. The van der Waals surface area contributed by atoms with E-state index in [1.807, 2.05) is 13.8 Å². The molecule has 24 heavy (non-hydrogen) atoms. The molecule has 134 valence electrons. The number of amides is 2. The Hall–Kier alpha value is -2.09. The van der Waals surface area contributed by atoms with E-state index in [1.54, 1.807) is 29.2 Å². The third-order valence-electron chi connectivity index (χ3n) is 3.21. The Morgan fingerprint density at radius 1 is 1.12 bits per heavy atom. The average Bonchev–Trinajstić information content (AvgIpc) is 2.49. The van der Waals surface area contributed by atoms with Gasteiger partial charge in [-0.15, -0.1) is 0 Å². The highest BCUT2D eigenvalue weighted by molar-refractivity contribution is 5.91. The number of rotatable bonds is 8. The lowest BCUT2D eigenvalue weighted by molar-refractivity contribution is -0.174. The first-order chi connectivity index (χ1) is 11.2. The van der Waals surface area contributed by atoms with Crippen LogP contribution in [0.15, 0.2) is 24.3 Å². The number of carbonyl (C=O) groups excluding carboxylic acids is 2. The highest BCUT2D eigenvalue weighted by atomic mass is 19.4. The molecule has 0 atom stereocenters. The summed E-state index contributed by atoms with van der Waals surface area (Å²) in [4.78, 5) is 25.2. The van der Waals surface area contributed by atoms with Crippen molar-refractivity contribution in [1.29, 1.82) is 0 Å². The van der Waals surface area contributed by atoms with Crippen molar-refractivity contribution in [2.75, 3.05) is 31.6 Å². The maximum absolute atomic E-state index is 12.0. The molecule has 0 aliphatic rings. The molecule has 0 unspecified atom stereocenters. The van der Waals surface area contributed by atoms with E-state index in [-0.39, 0.29) is 12.3 Å². The number of carbonyl (C=O) groups is 2. The van der Waals surface area contributed by atoms with E-state index in [0.717, 1.165) is 5.56 Å². The molecule has 1 aromatic carbocycles. The molecule has 2 amide bonds. The number of nitrogens with zero attached hydrogens (tertiary/aromatic N) is 1. The Bertz CT molecular complexity index is 540. The summed E-state index contributed by atoms with van der Waals surface area (Å²) in [7, 11) is 0. The fourth-order valence-corrected chi connectivity index (χ4v) is 2.03. The number of hydrogen-bond donors (Lipinski definition) is 1. The number of likely N-dealkylation sites (N-methyl/N-ethyl adjacent to an activating group) is 1. The minimum Gasteiger partial charge on any atom is -0.362 e. The lowest BCUT2D eigenvalue weighted by Gasteiger charge is -2.18. The van der Waals surface area contributed by atoms with E-state index >= 15 is 0 Å². The van der Waals surface area contributed by atoms with Gasteiger partial charge in [0.1, 0.15) is 13.2 Å². The van der Waals surface area contributed by atoms with Gasteiger partial charge in [0.2, 0.25) is 11.8 Å². The predicted octanol–water partition coefficient (Wildman–Crippen LogP) is 2.61. The number of nitrogens with one attached hydrogen (secondary N) is 1. The molecule has 0 aliphatic heterocycles. The molecule has 1 aromatic rings. The molecule has 0 radical (unpaired) electrons. The van der Waals surface area contributed by atoms with Gasteiger partial charge in [0.15, 0.2) is 0 Å². The van der Waals surface area contributed by atoms with Crippen LogP contribution < -0.4 is 5.32 Å². The third-order valence-corrected chi connectivity index (χ3v) is 3.21. The number of alkyl halides is 3. The van der Waals surface area contributed by atoms with Gasteiger partial charge >= 0.3 is 6.18 Å². The maximum atomic E-state index is 12.0. The van der Waals surface area contributed by atoms with Gasteiger partial charge in [0.05, 0.1) is 6.42 Å². The largest absolute Gasteiger partial charge is 0.411 e. The van der Waals surface area contributed by atoms with Crippen LogP contribution in [0.1, 0.15) is 19.4 Å². The lowest BCUT2D eigenvalue weighted by Crippen LogP contribution is -2.31. The summed E-state index contributed by atoms with van der Waals surface area (Å²) in [5.74, 6) is -0.663. The third kappa shape index (κ3) is 7.45. The predicted molar refractivity (Wildman–Crippen MR) is 83.6 cm³/mol. The fourth-order valence-electron chi connectivity index (χ4n) is 2.03. The van der Waals surface area contributed by atoms with Crippen molar-refractivity contribution >= 4 is 17.5 Å². The van der Waals surface area contributed by atoms with Gasteiger partial charge < -0.3 is 15.0 Å². The molecular weight excluding hydrogens is 325 g/mol. The van der Waals surface area contributed by atoms with E-state index < -0.39 is 25.3 Å². The molecule has 0 heterocycles. The van der Waals surface area contributed by atoms with Crippen LogP contribution in [0.2, 0.25) is 0 Å². The molecule has 0 fully saturated rings. The molecule has 0 spiro atoms. The van der Waals surface area contributed by atoms with Gasteiger partial charge in [-0.2, -0.15) is 13.2 Å². The van der Waals surface area contributed by atoms with Gasteiger partial charge in [0.25, 0.3) is 0 Å². The quantitative estimate of drug-likeness (QED) is 0.787. The summed E-state index contributed by atoms with van der Waals surface area (Å²) < 4.78 is 40.0. The highest BCUT2D eigenvalue weighted by Crippen LogP contribution is 2.14. The second kappa shape index (κ2) is 9.27. The van der Waals surface area contributed by atoms with E-state index in [0.29, 0.717) is 18.8 Å². The summed E-state index contributed by atoms with van der Waals surface area (Å²) in [6.45, 7) is 2.94. The second-order valence-electron chi connectivity index (χ2n) is 5.10. The van der Waals surface area contributed by atoms with Crippen LogP contribution in [0, 0.1) is 0 Å². The topological polar surface area (TPSA) is 58.6 Å². The standard InChI is InChI=1S/C16H21F3N2O3/c1-3-21(4-2)15(23)9-12-5-7-13(8-6-12)20-14(22)10-24-11-16(17,18)19/h5-8H,3-4,9-11H2,1-2H3,(H,20,22). The van der Waals surface area contributed by atoms with Gasteiger partial charge in [0, 0.05) is 18.8 Å². The molecular formula is C16H21F3N2O3. The first-order valence-electron chi connectivity index (χ1n) is 7.56. The van der Waals surface area contributed by atoms with E-state index in [4.69, 9.17) is 0 Å². The highest BCUT2D eigenvalue weighted by Gasteiger charge is 2.27. The molecule has 5 nitrogen and oxygen atoms in total. The van der Waals surface area contributed by atoms with Crippen molar-refractivity contribution in [3.8, 4) is 0 Å². The summed E-state index contributed by atoms with van der Waals surface area (Å²) >= 11 is 0. The Morgan fingerprint density at radius 3 is 2.21 bits per heavy atom. The molecule has 0 saturated carbocycles. The number of halogens is 3. The molecule has 8 heteroatoms. The Morgan fingerprint density at radius 2 is 1.71 bits per heavy atom. The first-order valence-corrected chi connectivity index (χ1v) is 7.56. The fraction of sp³-hybridized carbons (Fsp3) is 0.500. The van der Waals surface area contributed by atoms with Crippen LogP contribution in [0.5, 0.6) is 0 Å². The van der Waals surface area contributed by atoms with E-state index in [9.17, 15) is 22.8 Å². The molecule has 0 saturated heterocycles. The van der Waals surface area contributed by atoms with Crippen LogP contribution >= 0.6 is 0 Å². The van der Waals surface area contributed by atoms with Crippen molar-refractivity contribution in [3.63, 3.8) is 0 Å². The Labute approximate surface area is 138 Å². The monoisotopic (exact) mass is 346 g/mol. The van der Waals surface area contributed by atoms with Gasteiger partial charge in [-0.25, -0.2) is 0 Å². The zero-order valence-electron chi connectivity index (χ0n) is 13.7. The van der Waals surface area contributed by atoms with Gasteiger partial charge in [-0.05, 0) is 31.5 Å². The SMILES string of the molecule is CCN(CC)C(=O)Cc1ccc(NC(=O)COCC(F)(F)F)cc1. The smallest absolute Gasteiger partial charge is 0.362 e. The van der Waals surface area contributed by atoms with Crippen LogP contribution in [0.25, 0.3) is 0 Å². The average molecular weight is 346 g/mol. The van der Waals surface area contributed by atoms with Crippen LogP contribution in [0.4, 0.5) is 18.9 Å². The lowest BCUT2D eigenvalue weighted by atomic mass is 10.1. The van der Waals surface area contributed by atoms with Crippen LogP contribution in [-0.2, 0) is 20.7 Å². The number of ether oxygens (including phenoxy) is 1. The van der Waals surface area contributed by atoms with Crippen molar-refractivity contribution in [2.45, 2.75) is 26.4 Å². The van der Waals surface area contributed by atoms with Crippen LogP contribution in [0.3, 0.4) is 0 Å². The molecule has 0 aromatic heterocycles. The zero-order valence-corrected chi connectivity index (χ0v) is 13.7. The molecule has 0 aliphatic carbocycles. The summed E-state index contributed by atoms with van der Waals surface area (Å²) in [6, 6.07) is 6.56. The first kappa shape index (κ1) is 20.0. The Kier molecular flexibility index (Phi) is 7.70. The van der Waals surface area contributed by atoms with Crippen molar-refractivity contribution in [1.82, 2.24) is 4.90 Å². The van der Waals surface area contributed by atoms with E-state index in [1.165, 1.54) is 0 Å². The van der Waals surface area contributed by atoms with Crippen molar-refractivity contribution in [2.24, 2.45) is 0 Å².